The van der Waals surface area contributed by atoms with Crippen LogP contribution in [0.25, 0.3) is 0 Å². The van der Waals surface area contributed by atoms with Crippen LogP contribution in [0.3, 0.4) is 0 Å². The third-order valence-electron chi connectivity index (χ3n) is 2.39. The number of nitrogens with one attached hydrogen (secondary N) is 2. The van der Waals surface area contributed by atoms with E-state index in [0.717, 1.165) is 26.0 Å². The summed E-state index contributed by atoms with van der Waals surface area (Å²) in [4.78, 5) is 11.4. The topological polar surface area (TPSA) is 50.4 Å². The van der Waals surface area contributed by atoms with Crippen molar-refractivity contribution in [3.05, 3.63) is 0 Å². The van der Waals surface area contributed by atoms with Crippen LogP contribution in [-0.4, -0.2) is 38.3 Å². The molecule has 88 valence electrons. The van der Waals surface area contributed by atoms with Crippen molar-refractivity contribution < 1.29 is 9.53 Å². The van der Waals surface area contributed by atoms with Gasteiger partial charge in [0.25, 0.3) is 0 Å². The van der Waals surface area contributed by atoms with E-state index < -0.39 is 0 Å². The molecule has 4 nitrogen and oxygen atoms in total. The first-order valence-electron chi connectivity index (χ1n) is 5.77. The van der Waals surface area contributed by atoms with Gasteiger partial charge < -0.3 is 15.4 Å². The van der Waals surface area contributed by atoms with Crippen LogP contribution in [0.1, 0.15) is 26.7 Å². The fourth-order valence-electron chi connectivity index (χ4n) is 1.57. The maximum atomic E-state index is 11.4. The third-order valence-corrected chi connectivity index (χ3v) is 2.39. The molecule has 1 aliphatic rings. The van der Waals surface area contributed by atoms with Crippen LogP contribution in [0.4, 0.5) is 0 Å². The molecule has 0 aromatic rings. The summed E-state index contributed by atoms with van der Waals surface area (Å²) in [5.74, 6) is 0.641. The average Bonchev–Trinajstić information content (AvgIpc) is 2.66. The molecule has 0 aliphatic carbocycles. The summed E-state index contributed by atoms with van der Waals surface area (Å²) < 4.78 is 5.41. The second-order valence-electron chi connectivity index (χ2n) is 4.46. The number of carbonyl (C=O) groups is 1. The van der Waals surface area contributed by atoms with Gasteiger partial charge in [0.2, 0.25) is 5.91 Å². The van der Waals surface area contributed by atoms with Gasteiger partial charge in [0, 0.05) is 13.2 Å². The van der Waals surface area contributed by atoms with Gasteiger partial charge in [0.1, 0.15) is 0 Å². The maximum Gasteiger partial charge on any atom is 0.234 e. The van der Waals surface area contributed by atoms with E-state index in [9.17, 15) is 4.79 Å². The van der Waals surface area contributed by atoms with Gasteiger partial charge >= 0.3 is 0 Å². The zero-order chi connectivity index (χ0) is 11.1. The molecule has 4 heteroatoms. The minimum atomic E-state index is 0.0613. The highest BCUT2D eigenvalue weighted by Crippen LogP contribution is 2.10. The first-order valence-corrected chi connectivity index (χ1v) is 5.77. The van der Waals surface area contributed by atoms with Gasteiger partial charge in [0.05, 0.1) is 12.6 Å². The van der Waals surface area contributed by atoms with Crippen molar-refractivity contribution in [2.24, 2.45) is 5.92 Å². The highest BCUT2D eigenvalue weighted by molar-refractivity contribution is 5.77. The Balaban J connectivity index is 1.98. The zero-order valence-corrected chi connectivity index (χ0v) is 9.71. The van der Waals surface area contributed by atoms with Crippen LogP contribution in [0.2, 0.25) is 0 Å². The third kappa shape index (κ3) is 5.74. The summed E-state index contributed by atoms with van der Waals surface area (Å²) in [5.41, 5.74) is 0. The molecule has 1 atom stereocenters. The van der Waals surface area contributed by atoms with E-state index in [1.165, 1.54) is 0 Å². The fourth-order valence-corrected chi connectivity index (χ4v) is 1.57. The van der Waals surface area contributed by atoms with Gasteiger partial charge in [0.15, 0.2) is 0 Å². The van der Waals surface area contributed by atoms with E-state index in [0.29, 0.717) is 19.0 Å². The van der Waals surface area contributed by atoms with Crippen molar-refractivity contribution in [2.45, 2.75) is 32.8 Å². The van der Waals surface area contributed by atoms with E-state index in [1.807, 2.05) is 0 Å². The van der Waals surface area contributed by atoms with Crippen LogP contribution in [0.15, 0.2) is 0 Å². The molecule has 2 N–H and O–H groups in total. The van der Waals surface area contributed by atoms with Crippen molar-refractivity contribution in [3.63, 3.8) is 0 Å². The Bertz CT molecular complexity index is 189. The Morgan fingerprint density at radius 1 is 1.53 bits per heavy atom. The number of hydrogen-bond donors (Lipinski definition) is 2. The Kier molecular flexibility index (Phi) is 5.65. The lowest BCUT2D eigenvalue weighted by Gasteiger charge is -2.11. The summed E-state index contributed by atoms with van der Waals surface area (Å²) >= 11 is 0. The highest BCUT2D eigenvalue weighted by Gasteiger charge is 2.15. The molecule has 0 bridgehead atoms. The molecule has 0 saturated carbocycles. The van der Waals surface area contributed by atoms with Gasteiger partial charge in [-0.1, -0.05) is 13.8 Å². The molecule has 1 saturated heterocycles. The highest BCUT2D eigenvalue weighted by atomic mass is 16.5. The maximum absolute atomic E-state index is 11.4. The molecule has 1 heterocycles. The number of hydrogen-bond acceptors (Lipinski definition) is 3. The Hall–Kier alpha value is -0.610. The molecule has 1 unspecified atom stereocenters. The molecule has 0 aromatic carbocycles. The molecule has 15 heavy (non-hydrogen) atoms. The van der Waals surface area contributed by atoms with Gasteiger partial charge in [-0.2, -0.15) is 0 Å². The molecular weight excluding hydrogens is 192 g/mol. The van der Waals surface area contributed by atoms with Crippen LogP contribution in [0, 0.1) is 5.92 Å². The van der Waals surface area contributed by atoms with Gasteiger partial charge in [-0.05, 0) is 25.3 Å². The van der Waals surface area contributed by atoms with E-state index in [1.54, 1.807) is 0 Å². The van der Waals surface area contributed by atoms with E-state index in [-0.39, 0.29) is 12.0 Å². The van der Waals surface area contributed by atoms with Gasteiger partial charge in [-0.15, -0.1) is 0 Å². The molecule has 1 amide bonds. The molecule has 0 radical (unpaired) electrons. The van der Waals surface area contributed by atoms with Crippen molar-refractivity contribution >= 4 is 5.91 Å². The number of ether oxygens (including phenoxy) is 1. The van der Waals surface area contributed by atoms with Gasteiger partial charge in [-0.3, -0.25) is 4.79 Å². The fraction of sp³-hybridized carbons (Fsp3) is 0.909. The Labute approximate surface area is 91.8 Å². The first kappa shape index (κ1) is 12.5. The summed E-state index contributed by atoms with van der Waals surface area (Å²) in [6.07, 6.45) is 2.42. The van der Waals surface area contributed by atoms with Crippen molar-refractivity contribution in [1.82, 2.24) is 10.6 Å². The zero-order valence-electron chi connectivity index (χ0n) is 9.71. The van der Waals surface area contributed by atoms with Crippen molar-refractivity contribution in [1.29, 1.82) is 0 Å². The number of carbonyl (C=O) groups excluding carboxylic acids is 1. The lowest BCUT2D eigenvalue weighted by Crippen LogP contribution is -2.38. The molecule has 0 spiro atoms. The second-order valence-corrected chi connectivity index (χ2v) is 4.46. The van der Waals surface area contributed by atoms with Crippen molar-refractivity contribution in [3.8, 4) is 0 Å². The molecule has 1 rings (SSSR count). The van der Waals surface area contributed by atoms with Crippen LogP contribution in [-0.2, 0) is 9.53 Å². The van der Waals surface area contributed by atoms with Gasteiger partial charge in [-0.25, -0.2) is 0 Å². The Morgan fingerprint density at radius 3 is 2.93 bits per heavy atom. The summed E-state index contributed by atoms with van der Waals surface area (Å²) in [7, 11) is 0. The first-order chi connectivity index (χ1) is 7.18. The predicted molar refractivity (Wildman–Crippen MR) is 59.7 cm³/mol. The van der Waals surface area contributed by atoms with Crippen molar-refractivity contribution in [2.75, 3.05) is 26.2 Å². The lowest BCUT2D eigenvalue weighted by atomic mass is 10.2. The number of amides is 1. The summed E-state index contributed by atoms with van der Waals surface area (Å²) in [5, 5.41) is 5.98. The normalized spacial score (nSPS) is 20.9. The minimum absolute atomic E-state index is 0.0613. The smallest absolute Gasteiger partial charge is 0.234 e. The molecular formula is C11H22N2O2. The molecule has 1 fully saturated rings. The minimum Gasteiger partial charge on any atom is -0.376 e. The van der Waals surface area contributed by atoms with Crippen LogP contribution >= 0.6 is 0 Å². The molecule has 0 aromatic heterocycles. The molecule has 1 aliphatic heterocycles. The van der Waals surface area contributed by atoms with E-state index in [4.69, 9.17) is 4.74 Å². The van der Waals surface area contributed by atoms with Crippen LogP contribution < -0.4 is 10.6 Å². The second kappa shape index (κ2) is 6.80. The summed E-state index contributed by atoms with van der Waals surface area (Å²) in [6, 6.07) is 0. The monoisotopic (exact) mass is 214 g/mol. The Morgan fingerprint density at radius 2 is 2.33 bits per heavy atom. The van der Waals surface area contributed by atoms with E-state index in [2.05, 4.69) is 24.5 Å². The van der Waals surface area contributed by atoms with E-state index >= 15 is 0 Å². The predicted octanol–water partition coefficient (Wildman–Crippen LogP) is 0.527. The largest absolute Gasteiger partial charge is 0.376 e. The van der Waals surface area contributed by atoms with Crippen LogP contribution in [0.5, 0.6) is 0 Å². The average molecular weight is 214 g/mol. The summed E-state index contributed by atoms with van der Waals surface area (Å²) in [6.45, 7) is 7.03. The standard InChI is InChI=1S/C11H22N2O2/c1-9(2)6-12-8-11(14)13-7-10-4-3-5-15-10/h9-10,12H,3-8H2,1-2H3,(H,13,14). The quantitative estimate of drug-likeness (QED) is 0.678. The number of rotatable bonds is 6. The SMILES string of the molecule is CC(C)CNCC(=O)NCC1CCCO1. The lowest BCUT2D eigenvalue weighted by molar-refractivity contribution is -0.120.